The molecule has 0 aromatic heterocycles. The molecule has 1 aromatic carbocycles. The van der Waals surface area contributed by atoms with E-state index in [1.807, 2.05) is 6.92 Å². The van der Waals surface area contributed by atoms with Crippen LogP contribution in [0.1, 0.15) is 58.8 Å². The van der Waals surface area contributed by atoms with E-state index in [1.54, 1.807) is 6.92 Å². The number of halogens is 2. The molecule has 0 fully saturated rings. The van der Waals surface area contributed by atoms with Crippen molar-refractivity contribution in [3.05, 3.63) is 34.1 Å². The molecular formula is C24H29ClFNO6S. The van der Waals surface area contributed by atoms with Gasteiger partial charge in [-0.15, -0.1) is 11.8 Å². The number of methoxy groups -OCH3 is 1. The first-order chi connectivity index (χ1) is 16.2. The quantitative estimate of drug-likeness (QED) is 0.240. The Morgan fingerprint density at radius 2 is 1.79 bits per heavy atom. The zero-order chi connectivity index (χ0) is 25.3. The number of hydrogen-bond donors (Lipinski definition) is 0. The number of hydrogen-bond acceptors (Lipinski definition) is 7. The summed E-state index contributed by atoms with van der Waals surface area (Å²) in [4.78, 5) is 51.5. The number of carbonyl (C=O) groups excluding carboxylic acids is 4. The number of rotatable bonds is 10. The molecule has 0 N–H and O–H groups in total. The van der Waals surface area contributed by atoms with Gasteiger partial charge in [0.1, 0.15) is 5.82 Å². The minimum atomic E-state index is -0.869. The minimum Gasteiger partial charge on any atom is -0.466 e. The van der Waals surface area contributed by atoms with E-state index in [0.717, 1.165) is 35.6 Å². The molecular weight excluding hydrogens is 485 g/mol. The van der Waals surface area contributed by atoms with Crippen molar-refractivity contribution in [2.45, 2.75) is 63.7 Å². The molecule has 0 aliphatic heterocycles. The fourth-order valence-corrected chi connectivity index (χ4v) is 4.51. The molecule has 34 heavy (non-hydrogen) atoms. The molecule has 0 spiro atoms. The summed E-state index contributed by atoms with van der Waals surface area (Å²) in [5, 5.41) is 0.0380. The SMILES string of the molecule is CCCCOC(=O)CSc1cc(N(C(=O)CC)C(=O)C2=C(C(=O)OC)CCCC2)c(F)cc1Cl. The molecule has 0 saturated carbocycles. The lowest BCUT2D eigenvalue weighted by atomic mass is 9.90. The van der Waals surface area contributed by atoms with E-state index >= 15 is 0 Å². The van der Waals surface area contributed by atoms with Gasteiger partial charge in [-0.05, 0) is 44.2 Å². The molecule has 0 unspecified atom stereocenters. The molecule has 186 valence electrons. The summed E-state index contributed by atoms with van der Waals surface area (Å²) in [6, 6.07) is 2.27. The van der Waals surface area contributed by atoms with Crippen molar-refractivity contribution >= 4 is 52.8 Å². The number of carbonyl (C=O) groups is 4. The van der Waals surface area contributed by atoms with Crippen molar-refractivity contribution in [1.29, 1.82) is 0 Å². The largest absolute Gasteiger partial charge is 0.466 e. The molecule has 0 atom stereocenters. The van der Waals surface area contributed by atoms with Crippen molar-refractivity contribution in [1.82, 2.24) is 0 Å². The highest BCUT2D eigenvalue weighted by atomic mass is 35.5. The molecule has 1 aliphatic rings. The van der Waals surface area contributed by atoms with Gasteiger partial charge in [0.05, 0.1) is 30.2 Å². The Morgan fingerprint density at radius 3 is 2.41 bits per heavy atom. The lowest BCUT2D eigenvalue weighted by molar-refractivity contribution is -0.140. The predicted octanol–water partition coefficient (Wildman–Crippen LogP) is 5.23. The second-order valence-corrected chi connectivity index (χ2v) is 9.06. The van der Waals surface area contributed by atoms with E-state index in [9.17, 15) is 23.6 Å². The molecule has 1 aromatic rings. The van der Waals surface area contributed by atoms with Crippen LogP contribution in [0.25, 0.3) is 0 Å². The third-order valence-corrected chi connectivity index (χ3v) is 6.72. The Bertz CT molecular complexity index is 980. The van der Waals surface area contributed by atoms with E-state index in [-0.39, 0.29) is 40.5 Å². The molecule has 0 bridgehead atoms. The van der Waals surface area contributed by atoms with Crippen LogP contribution < -0.4 is 4.90 Å². The maximum atomic E-state index is 15.0. The summed E-state index contributed by atoms with van der Waals surface area (Å²) in [6.07, 6.45) is 3.53. The predicted molar refractivity (Wildman–Crippen MR) is 128 cm³/mol. The Morgan fingerprint density at radius 1 is 1.12 bits per heavy atom. The summed E-state index contributed by atoms with van der Waals surface area (Å²) in [5.74, 6) is -3.42. The molecule has 2 rings (SSSR count). The molecule has 7 nitrogen and oxygen atoms in total. The van der Waals surface area contributed by atoms with Crippen molar-refractivity contribution in [2.24, 2.45) is 0 Å². The topological polar surface area (TPSA) is 90.0 Å². The standard InChI is InChI=1S/C24H29ClFNO6S/c1-4-6-11-33-22(29)14-34-20-13-19(18(26)12-17(20)25)27(21(28)5-2)23(30)15-9-7-8-10-16(15)24(31)32-3/h12-13H,4-11,14H2,1-3H3. The van der Waals surface area contributed by atoms with Crippen LogP contribution in [0.3, 0.4) is 0 Å². The first kappa shape index (κ1) is 27.9. The van der Waals surface area contributed by atoms with Gasteiger partial charge in [-0.3, -0.25) is 14.4 Å². The Hall–Kier alpha value is -2.39. The highest BCUT2D eigenvalue weighted by Gasteiger charge is 2.33. The number of benzene rings is 1. The van der Waals surface area contributed by atoms with Gasteiger partial charge in [0, 0.05) is 22.5 Å². The lowest BCUT2D eigenvalue weighted by Gasteiger charge is -2.26. The molecule has 0 heterocycles. The first-order valence-electron chi connectivity index (χ1n) is 11.2. The molecule has 0 saturated heterocycles. The highest BCUT2D eigenvalue weighted by molar-refractivity contribution is 8.00. The molecule has 2 amide bonds. The average molecular weight is 514 g/mol. The molecule has 1 aliphatic carbocycles. The monoisotopic (exact) mass is 513 g/mol. The van der Waals surface area contributed by atoms with E-state index in [1.165, 1.54) is 13.2 Å². The summed E-state index contributed by atoms with van der Waals surface area (Å²) in [7, 11) is 1.22. The van der Waals surface area contributed by atoms with E-state index in [0.29, 0.717) is 30.8 Å². The van der Waals surface area contributed by atoms with Gasteiger partial charge in [0.2, 0.25) is 5.91 Å². The van der Waals surface area contributed by atoms with Crippen LogP contribution in [0, 0.1) is 5.82 Å². The van der Waals surface area contributed by atoms with Gasteiger partial charge in [0.25, 0.3) is 5.91 Å². The number of anilines is 1. The normalized spacial score (nSPS) is 13.4. The van der Waals surface area contributed by atoms with Gasteiger partial charge in [-0.1, -0.05) is 31.9 Å². The average Bonchev–Trinajstić information content (AvgIpc) is 2.84. The maximum Gasteiger partial charge on any atom is 0.334 e. The van der Waals surface area contributed by atoms with E-state index in [4.69, 9.17) is 21.1 Å². The van der Waals surface area contributed by atoms with Gasteiger partial charge >= 0.3 is 11.9 Å². The molecule has 10 heteroatoms. The zero-order valence-corrected chi connectivity index (χ0v) is 21.2. The van der Waals surface area contributed by atoms with Crippen LogP contribution in [0.15, 0.2) is 28.2 Å². The van der Waals surface area contributed by atoms with E-state index in [2.05, 4.69) is 0 Å². The highest BCUT2D eigenvalue weighted by Crippen LogP contribution is 2.36. The minimum absolute atomic E-state index is 0.0380. The Labute approximate surface area is 208 Å². The first-order valence-corrected chi connectivity index (χ1v) is 12.6. The summed E-state index contributed by atoms with van der Waals surface area (Å²) >= 11 is 7.19. The van der Waals surface area contributed by atoms with Crippen LogP contribution in [0.2, 0.25) is 5.02 Å². The second kappa shape index (κ2) is 13.5. The molecule has 0 radical (unpaired) electrons. The number of thioether (sulfide) groups is 1. The van der Waals surface area contributed by atoms with Gasteiger partial charge < -0.3 is 9.47 Å². The fraction of sp³-hybridized carbons (Fsp3) is 0.500. The number of ether oxygens (including phenoxy) is 2. The summed E-state index contributed by atoms with van der Waals surface area (Å²) < 4.78 is 24.9. The van der Waals surface area contributed by atoms with Gasteiger partial charge in [-0.2, -0.15) is 0 Å². The second-order valence-electron chi connectivity index (χ2n) is 7.64. The Balaban J connectivity index is 2.41. The summed E-state index contributed by atoms with van der Waals surface area (Å²) in [5.41, 5.74) is 0.0554. The van der Waals surface area contributed by atoms with E-state index < -0.39 is 29.6 Å². The van der Waals surface area contributed by atoms with Crippen LogP contribution in [-0.4, -0.2) is 43.2 Å². The van der Waals surface area contributed by atoms with Crippen LogP contribution in [0.4, 0.5) is 10.1 Å². The van der Waals surface area contributed by atoms with Crippen molar-refractivity contribution in [2.75, 3.05) is 24.4 Å². The van der Waals surface area contributed by atoms with Crippen molar-refractivity contribution in [3.63, 3.8) is 0 Å². The van der Waals surface area contributed by atoms with Crippen LogP contribution in [0.5, 0.6) is 0 Å². The number of unbranched alkanes of at least 4 members (excludes halogenated alkanes) is 1. The fourth-order valence-electron chi connectivity index (χ4n) is 3.45. The zero-order valence-electron chi connectivity index (χ0n) is 19.6. The van der Waals surface area contributed by atoms with Crippen molar-refractivity contribution in [3.8, 4) is 0 Å². The van der Waals surface area contributed by atoms with Gasteiger partial charge in [0.15, 0.2) is 0 Å². The third kappa shape index (κ3) is 7.06. The lowest BCUT2D eigenvalue weighted by Crippen LogP contribution is -2.39. The van der Waals surface area contributed by atoms with Gasteiger partial charge in [-0.25, -0.2) is 14.1 Å². The summed E-state index contributed by atoms with van der Waals surface area (Å²) in [6.45, 7) is 3.84. The van der Waals surface area contributed by atoms with Crippen molar-refractivity contribution < 1.29 is 33.0 Å². The number of nitrogens with zero attached hydrogens (tertiary/aromatic N) is 1. The third-order valence-electron chi connectivity index (χ3n) is 5.26. The van der Waals surface area contributed by atoms with Crippen LogP contribution >= 0.6 is 23.4 Å². The number of imide groups is 1. The number of esters is 2. The van der Waals surface area contributed by atoms with Crippen LogP contribution in [-0.2, 0) is 28.7 Å². The smallest absolute Gasteiger partial charge is 0.334 e. The Kier molecular flexibility index (Phi) is 11.0. The maximum absolute atomic E-state index is 15.0. The number of amides is 2.